The molecule has 6 heteroatoms. The molecule has 3 N–H and O–H groups in total. The molecular formula is C12H17N5O. The fraction of sp³-hybridized carbons (Fsp3) is 0.417. The monoisotopic (exact) mass is 247 g/mol. The summed E-state index contributed by atoms with van der Waals surface area (Å²) in [6.45, 7) is 5.71. The third-order valence-electron chi connectivity index (χ3n) is 3.03. The van der Waals surface area contributed by atoms with Gasteiger partial charge in [-0.1, -0.05) is 18.2 Å². The zero-order chi connectivity index (χ0) is 13.1. The number of anilines is 1. The maximum Gasteiger partial charge on any atom is 0.292 e. The van der Waals surface area contributed by atoms with Gasteiger partial charge in [-0.05, 0) is 19.8 Å². The molecule has 1 aromatic rings. The van der Waals surface area contributed by atoms with Gasteiger partial charge in [-0.2, -0.15) is 4.98 Å². The number of aromatic nitrogens is 3. The third kappa shape index (κ3) is 2.27. The predicted octanol–water partition coefficient (Wildman–Crippen LogP) is 1.12. The van der Waals surface area contributed by atoms with Crippen molar-refractivity contribution in [3.05, 3.63) is 30.6 Å². The predicted molar refractivity (Wildman–Crippen MR) is 68.8 cm³/mol. The molecule has 0 aliphatic carbocycles. The van der Waals surface area contributed by atoms with Crippen LogP contribution in [-0.2, 0) is 0 Å². The summed E-state index contributed by atoms with van der Waals surface area (Å²) in [6, 6.07) is 0.142. The van der Waals surface area contributed by atoms with Crippen LogP contribution in [0.4, 0.5) is 5.95 Å². The van der Waals surface area contributed by atoms with E-state index >= 15 is 0 Å². The Morgan fingerprint density at radius 2 is 2.56 bits per heavy atom. The number of nitrogen functional groups attached to an aromatic ring is 1. The van der Waals surface area contributed by atoms with E-state index in [1.807, 2.05) is 19.1 Å². The Hall–Kier alpha value is -2.11. The Balaban J connectivity index is 2.25. The molecule has 1 amide bonds. The highest BCUT2D eigenvalue weighted by Crippen LogP contribution is 2.21. The lowest BCUT2D eigenvalue weighted by molar-refractivity contribution is 0.0610. The second-order valence-corrected chi connectivity index (χ2v) is 4.34. The molecule has 0 fully saturated rings. The Bertz CT molecular complexity index is 479. The molecule has 1 aliphatic heterocycles. The fourth-order valence-corrected chi connectivity index (χ4v) is 2.22. The summed E-state index contributed by atoms with van der Waals surface area (Å²) in [5.41, 5.74) is 5.42. The van der Waals surface area contributed by atoms with E-state index in [0.29, 0.717) is 0 Å². The summed E-state index contributed by atoms with van der Waals surface area (Å²) in [5, 5.41) is 6.24. The highest BCUT2D eigenvalue weighted by Gasteiger charge is 2.30. The number of amides is 1. The van der Waals surface area contributed by atoms with Crippen LogP contribution in [0, 0.1) is 0 Å². The first kappa shape index (κ1) is 12.3. The third-order valence-corrected chi connectivity index (χ3v) is 3.03. The first-order valence-electron chi connectivity index (χ1n) is 5.91. The van der Waals surface area contributed by atoms with Crippen LogP contribution in [0.1, 0.15) is 30.4 Å². The van der Waals surface area contributed by atoms with Crippen LogP contribution >= 0.6 is 0 Å². The summed E-state index contributed by atoms with van der Waals surface area (Å²) in [4.78, 5) is 18.1. The lowest BCUT2D eigenvalue weighted by atomic mass is 10.00. The molecular weight excluding hydrogens is 230 g/mol. The first-order valence-corrected chi connectivity index (χ1v) is 5.91. The number of hydrogen-bond donors (Lipinski definition) is 2. The summed E-state index contributed by atoms with van der Waals surface area (Å²) in [5.74, 6) is 0.0884. The zero-order valence-electron chi connectivity index (χ0n) is 10.3. The molecule has 2 atom stereocenters. The first-order chi connectivity index (χ1) is 8.63. The topological polar surface area (TPSA) is 87.9 Å². The highest BCUT2D eigenvalue weighted by atomic mass is 16.2. The van der Waals surface area contributed by atoms with Crippen molar-refractivity contribution >= 4 is 11.9 Å². The van der Waals surface area contributed by atoms with Gasteiger partial charge in [0.05, 0.1) is 0 Å². The van der Waals surface area contributed by atoms with Gasteiger partial charge in [-0.3, -0.25) is 9.89 Å². The van der Waals surface area contributed by atoms with Crippen molar-refractivity contribution in [2.75, 3.05) is 5.73 Å². The van der Waals surface area contributed by atoms with E-state index in [2.05, 4.69) is 27.8 Å². The standard InChI is InChI=1S/C12H17N5O/c1-3-5-9-7-4-6-8(2)17(9)11(18)10-14-12(13)16-15-10/h3-4,6,8-9H,1,5,7H2,2H3,(H3,13,14,15,16)/t8-,9-/m1/s1. The van der Waals surface area contributed by atoms with Crippen molar-refractivity contribution < 1.29 is 4.79 Å². The summed E-state index contributed by atoms with van der Waals surface area (Å²) in [7, 11) is 0. The second kappa shape index (κ2) is 5.03. The summed E-state index contributed by atoms with van der Waals surface area (Å²) < 4.78 is 0. The van der Waals surface area contributed by atoms with Crippen LogP contribution in [-0.4, -0.2) is 38.1 Å². The molecule has 2 heterocycles. The van der Waals surface area contributed by atoms with E-state index in [-0.39, 0.29) is 29.8 Å². The number of nitrogens with zero attached hydrogens (tertiary/aromatic N) is 3. The van der Waals surface area contributed by atoms with Gasteiger partial charge in [0.2, 0.25) is 11.8 Å². The van der Waals surface area contributed by atoms with Gasteiger partial charge in [0.25, 0.3) is 5.91 Å². The van der Waals surface area contributed by atoms with E-state index in [9.17, 15) is 4.79 Å². The van der Waals surface area contributed by atoms with Crippen molar-refractivity contribution in [1.29, 1.82) is 0 Å². The molecule has 0 spiro atoms. The Morgan fingerprint density at radius 1 is 1.78 bits per heavy atom. The smallest absolute Gasteiger partial charge is 0.292 e. The van der Waals surface area contributed by atoms with Crippen molar-refractivity contribution in [2.45, 2.75) is 31.8 Å². The van der Waals surface area contributed by atoms with Gasteiger partial charge in [-0.25, -0.2) is 0 Å². The van der Waals surface area contributed by atoms with Gasteiger partial charge in [0.1, 0.15) is 0 Å². The highest BCUT2D eigenvalue weighted by molar-refractivity contribution is 5.91. The van der Waals surface area contributed by atoms with Crippen LogP contribution in [0.15, 0.2) is 24.8 Å². The molecule has 2 rings (SSSR count). The molecule has 0 saturated heterocycles. The second-order valence-electron chi connectivity index (χ2n) is 4.34. The van der Waals surface area contributed by atoms with Crippen LogP contribution in [0.25, 0.3) is 0 Å². The average molecular weight is 247 g/mol. The minimum Gasteiger partial charge on any atom is -0.366 e. The Kier molecular flexibility index (Phi) is 3.45. The van der Waals surface area contributed by atoms with Crippen molar-refractivity contribution in [3.63, 3.8) is 0 Å². The summed E-state index contributed by atoms with van der Waals surface area (Å²) in [6.07, 6.45) is 7.51. The number of H-pyrrole nitrogens is 1. The molecule has 0 bridgehead atoms. The number of nitrogens with two attached hydrogens (primary N) is 1. The number of nitrogens with one attached hydrogen (secondary N) is 1. The number of carbonyl (C=O) groups is 1. The molecule has 1 aliphatic rings. The molecule has 6 nitrogen and oxygen atoms in total. The average Bonchev–Trinajstić information content (AvgIpc) is 2.76. The van der Waals surface area contributed by atoms with Gasteiger partial charge in [0.15, 0.2) is 0 Å². The van der Waals surface area contributed by atoms with Crippen molar-refractivity contribution in [3.8, 4) is 0 Å². The number of rotatable bonds is 3. The van der Waals surface area contributed by atoms with E-state index in [1.54, 1.807) is 4.90 Å². The molecule has 96 valence electrons. The van der Waals surface area contributed by atoms with E-state index in [1.165, 1.54) is 0 Å². The molecule has 0 radical (unpaired) electrons. The molecule has 1 aromatic heterocycles. The molecule has 0 saturated carbocycles. The minimum absolute atomic E-state index is 0.0301. The molecule has 0 aromatic carbocycles. The zero-order valence-corrected chi connectivity index (χ0v) is 10.3. The van der Waals surface area contributed by atoms with Crippen molar-refractivity contribution in [1.82, 2.24) is 20.1 Å². The van der Waals surface area contributed by atoms with E-state index in [0.717, 1.165) is 12.8 Å². The molecule has 18 heavy (non-hydrogen) atoms. The lowest BCUT2D eigenvalue weighted by Gasteiger charge is -2.36. The molecule has 0 unspecified atom stereocenters. The minimum atomic E-state index is -0.178. The largest absolute Gasteiger partial charge is 0.366 e. The maximum absolute atomic E-state index is 12.4. The maximum atomic E-state index is 12.4. The Morgan fingerprint density at radius 3 is 3.17 bits per heavy atom. The van der Waals surface area contributed by atoms with Gasteiger partial charge < -0.3 is 10.6 Å². The van der Waals surface area contributed by atoms with Gasteiger partial charge in [-0.15, -0.1) is 11.7 Å². The SMILES string of the molecule is C=CC[C@@H]1CC=C[C@@H](C)N1C(=O)c1nc(N)n[nH]1. The number of carbonyl (C=O) groups excluding carboxylic acids is 1. The van der Waals surface area contributed by atoms with Crippen LogP contribution in [0.3, 0.4) is 0 Å². The van der Waals surface area contributed by atoms with Crippen LogP contribution in [0.5, 0.6) is 0 Å². The fourth-order valence-electron chi connectivity index (χ4n) is 2.22. The quantitative estimate of drug-likeness (QED) is 0.783. The lowest BCUT2D eigenvalue weighted by Crippen LogP contribution is -2.47. The van der Waals surface area contributed by atoms with Crippen molar-refractivity contribution in [2.24, 2.45) is 0 Å². The van der Waals surface area contributed by atoms with E-state index in [4.69, 9.17) is 5.73 Å². The number of hydrogen-bond acceptors (Lipinski definition) is 4. The van der Waals surface area contributed by atoms with Gasteiger partial charge >= 0.3 is 0 Å². The van der Waals surface area contributed by atoms with Crippen LogP contribution in [0.2, 0.25) is 0 Å². The van der Waals surface area contributed by atoms with Gasteiger partial charge in [0, 0.05) is 12.1 Å². The summed E-state index contributed by atoms with van der Waals surface area (Å²) >= 11 is 0. The normalized spacial score (nSPS) is 23.1. The van der Waals surface area contributed by atoms with Crippen LogP contribution < -0.4 is 5.73 Å². The van der Waals surface area contributed by atoms with E-state index < -0.39 is 0 Å². The Labute approximate surface area is 106 Å². The number of aromatic amines is 1.